The van der Waals surface area contributed by atoms with E-state index in [9.17, 15) is 14.5 Å². The Hall–Kier alpha value is -1.50. The molecule has 0 bridgehead atoms. The van der Waals surface area contributed by atoms with E-state index in [2.05, 4.69) is 11.9 Å². The van der Waals surface area contributed by atoms with Gasteiger partial charge in [-0.15, -0.1) is 6.58 Å². The molecule has 0 saturated carbocycles. The normalized spacial score (nSPS) is 16.1. The molecule has 3 unspecified atom stereocenters. The van der Waals surface area contributed by atoms with Crippen LogP contribution in [0.2, 0.25) is 0 Å². The first-order valence-electron chi connectivity index (χ1n) is 5.67. The molecule has 0 aliphatic heterocycles. The maximum Gasteiger partial charge on any atom is 0.346 e. The largest absolute Gasteiger partial charge is 0.480 e. The molecule has 1 aromatic rings. The number of hydrogen-bond donors (Lipinski definition) is 5. The van der Waals surface area contributed by atoms with E-state index >= 15 is 0 Å². The lowest BCUT2D eigenvalue weighted by Gasteiger charge is -2.25. The average Bonchev–Trinajstić information content (AvgIpc) is 2.38. The fourth-order valence-corrected chi connectivity index (χ4v) is 2.26. The zero-order chi connectivity index (χ0) is 15.3. The number of rotatable bonds is 7. The van der Waals surface area contributed by atoms with E-state index in [0.717, 1.165) is 6.08 Å². The van der Waals surface area contributed by atoms with Gasteiger partial charge in [0.05, 0.1) is 0 Å². The van der Waals surface area contributed by atoms with Crippen molar-refractivity contribution in [3.8, 4) is 0 Å². The van der Waals surface area contributed by atoms with Gasteiger partial charge in [-0.2, -0.15) is 0 Å². The Morgan fingerprint density at radius 2 is 1.85 bits per heavy atom. The predicted octanol–water partition coefficient (Wildman–Crippen LogP) is 0.453. The molecular formula is C12H16NO6P. The monoisotopic (exact) mass is 301 g/mol. The zero-order valence-electron chi connectivity index (χ0n) is 10.5. The summed E-state index contributed by atoms with van der Waals surface area (Å²) >= 11 is 0. The van der Waals surface area contributed by atoms with Crippen LogP contribution in [-0.4, -0.2) is 37.8 Å². The topological polar surface area (TPSA) is 127 Å². The number of benzene rings is 1. The van der Waals surface area contributed by atoms with Crippen molar-refractivity contribution in [1.82, 2.24) is 5.32 Å². The highest BCUT2D eigenvalue weighted by Crippen LogP contribution is 2.40. The molecule has 0 aromatic heterocycles. The SMILES string of the molecule is C=CC(NC(C(=O)O)C(O)c1ccccc1)P(=O)(O)O. The molecule has 0 aliphatic rings. The van der Waals surface area contributed by atoms with Crippen molar-refractivity contribution < 1.29 is 29.4 Å². The van der Waals surface area contributed by atoms with Gasteiger partial charge >= 0.3 is 13.6 Å². The number of hydrogen-bond acceptors (Lipinski definition) is 4. The van der Waals surface area contributed by atoms with Gasteiger partial charge in [-0.3, -0.25) is 14.7 Å². The first kappa shape index (κ1) is 16.6. The van der Waals surface area contributed by atoms with Crippen LogP contribution >= 0.6 is 7.60 Å². The number of aliphatic hydroxyl groups excluding tert-OH is 1. The fraction of sp³-hybridized carbons (Fsp3) is 0.250. The molecule has 0 spiro atoms. The van der Waals surface area contributed by atoms with Gasteiger partial charge in [-0.05, 0) is 5.56 Å². The number of carbonyl (C=O) groups is 1. The van der Waals surface area contributed by atoms with Gasteiger partial charge in [-0.25, -0.2) is 0 Å². The van der Waals surface area contributed by atoms with Gasteiger partial charge < -0.3 is 20.0 Å². The Morgan fingerprint density at radius 1 is 1.30 bits per heavy atom. The summed E-state index contributed by atoms with van der Waals surface area (Å²) in [6, 6.07) is 6.39. The second-order valence-corrected chi connectivity index (χ2v) is 5.84. The van der Waals surface area contributed by atoms with E-state index in [1.165, 1.54) is 12.1 Å². The zero-order valence-corrected chi connectivity index (χ0v) is 11.4. The summed E-state index contributed by atoms with van der Waals surface area (Å²) in [7, 11) is -4.60. The predicted molar refractivity (Wildman–Crippen MR) is 72.0 cm³/mol. The molecule has 8 heteroatoms. The van der Waals surface area contributed by atoms with Crippen LogP contribution in [0.15, 0.2) is 43.0 Å². The fourth-order valence-electron chi connectivity index (χ4n) is 1.63. The quantitative estimate of drug-likeness (QED) is 0.365. The molecule has 7 nitrogen and oxygen atoms in total. The Balaban J connectivity index is 2.98. The third kappa shape index (κ3) is 4.26. The van der Waals surface area contributed by atoms with Crippen molar-refractivity contribution in [2.45, 2.75) is 17.9 Å². The number of nitrogens with one attached hydrogen (secondary N) is 1. The molecular weight excluding hydrogens is 285 g/mol. The molecule has 20 heavy (non-hydrogen) atoms. The second-order valence-electron chi connectivity index (χ2n) is 4.11. The van der Waals surface area contributed by atoms with Crippen molar-refractivity contribution in [2.24, 2.45) is 0 Å². The molecule has 0 fully saturated rings. The number of aliphatic carboxylic acids is 1. The lowest BCUT2D eigenvalue weighted by atomic mass is 10.0. The second kappa shape index (κ2) is 6.78. The highest BCUT2D eigenvalue weighted by molar-refractivity contribution is 7.52. The van der Waals surface area contributed by atoms with E-state index in [-0.39, 0.29) is 0 Å². The van der Waals surface area contributed by atoms with Gasteiger partial charge in [0.2, 0.25) is 0 Å². The van der Waals surface area contributed by atoms with Crippen LogP contribution < -0.4 is 5.32 Å². The number of carboxylic acid groups (broad SMARTS) is 1. The van der Waals surface area contributed by atoms with Crippen molar-refractivity contribution in [2.75, 3.05) is 0 Å². The molecule has 0 saturated heterocycles. The Morgan fingerprint density at radius 3 is 2.25 bits per heavy atom. The standard InChI is InChI=1S/C12H16NO6P/c1-2-9(20(17,18)19)13-10(12(15)16)11(14)8-6-4-3-5-7-8/h2-7,9-11,13-14H,1H2,(H,15,16)(H2,17,18,19). The maximum atomic E-state index is 11.2. The molecule has 0 aliphatic carbocycles. The molecule has 0 radical (unpaired) electrons. The van der Waals surface area contributed by atoms with Gasteiger partial charge in [0.1, 0.15) is 17.9 Å². The van der Waals surface area contributed by atoms with Crippen LogP contribution in [-0.2, 0) is 9.36 Å². The minimum Gasteiger partial charge on any atom is -0.480 e. The summed E-state index contributed by atoms with van der Waals surface area (Å²) in [5, 5.41) is 21.3. The first-order chi connectivity index (χ1) is 9.27. The molecule has 1 rings (SSSR count). The summed E-state index contributed by atoms with van der Waals surface area (Å²) in [6.07, 6.45) is -0.545. The van der Waals surface area contributed by atoms with Crippen molar-refractivity contribution >= 4 is 13.6 Å². The average molecular weight is 301 g/mol. The minimum atomic E-state index is -4.60. The van der Waals surface area contributed by atoms with Crippen LogP contribution in [0.25, 0.3) is 0 Å². The Kier molecular flexibility index (Phi) is 5.62. The van der Waals surface area contributed by atoms with Crippen LogP contribution in [0.3, 0.4) is 0 Å². The Bertz CT molecular complexity index is 514. The molecule has 110 valence electrons. The van der Waals surface area contributed by atoms with E-state index in [0.29, 0.717) is 5.56 Å². The third-order valence-electron chi connectivity index (χ3n) is 2.66. The van der Waals surface area contributed by atoms with Gasteiger partial charge in [0, 0.05) is 0 Å². The maximum absolute atomic E-state index is 11.2. The third-order valence-corrected chi connectivity index (χ3v) is 3.74. The smallest absolute Gasteiger partial charge is 0.346 e. The summed E-state index contributed by atoms with van der Waals surface area (Å²) in [6.45, 7) is 3.24. The van der Waals surface area contributed by atoms with Crippen molar-refractivity contribution in [3.63, 3.8) is 0 Å². The summed E-state index contributed by atoms with van der Waals surface area (Å²) in [5.41, 5.74) is 0.320. The van der Waals surface area contributed by atoms with Crippen LogP contribution in [0, 0.1) is 0 Å². The van der Waals surface area contributed by atoms with Crippen LogP contribution in [0.5, 0.6) is 0 Å². The first-order valence-corrected chi connectivity index (χ1v) is 7.35. The van der Waals surface area contributed by atoms with E-state index in [1.807, 2.05) is 0 Å². The number of aliphatic hydroxyl groups is 1. The highest BCUT2D eigenvalue weighted by Gasteiger charge is 2.35. The summed E-state index contributed by atoms with van der Waals surface area (Å²) in [5.74, 6) is -2.98. The van der Waals surface area contributed by atoms with Crippen molar-refractivity contribution in [1.29, 1.82) is 0 Å². The van der Waals surface area contributed by atoms with Gasteiger partial charge in [-0.1, -0.05) is 36.4 Å². The van der Waals surface area contributed by atoms with E-state index < -0.39 is 31.5 Å². The van der Waals surface area contributed by atoms with Crippen LogP contribution in [0.4, 0.5) is 0 Å². The lowest BCUT2D eigenvalue weighted by molar-refractivity contribution is -0.142. The summed E-state index contributed by atoms with van der Waals surface area (Å²) < 4.78 is 11.2. The van der Waals surface area contributed by atoms with Gasteiger partial charge in [0.25, 0.3) is 0 Å². The van der Waals surface area contributed by atoms with E-state index in [1.54, 1.807) is 18.2 Å². The van der Waals surface area contributed by atoms with Crippen molar-refractivity contribution in [3.05, 3.63) is 48.6 Å². The van der Waals surface area contributed by atoms with Gasteiger partial charge in [0.15, 0.2) is 0 Å². The summed E-state index contributed by atoms with van der Waals surface area (Å²) in [4.78, 5) is 29.3. The molecule has 5 N–H and O–H groups in total. The van der Waals surface area contributed by atoms with E-state index in [4.69, 9.17) is 14.9 Å². The minimum absolute atomic E-state index is 0.320. The number of carboxylic acids is 1. The molecule has 0 amide bonds. The highest BCUT2D eigenvalue weighted by atomic mass is 31.2. The Labute approximate surface area is 115 Å². The lowest BCUT2D eigenvalue weighted by Crippen LogP contribution is -2.46. The molecule has 1 aromatic carbocycles. The molecule has 0 heterocycles. The molecule has 3 atom stereocenters. The van der Waals surface area contributed by atoms with Crippen LogP contribution in [0.1, 0.15) is 11.7 Å².